The topological polar surface area (TPSA) is 70.9 Å². The van der Waals surface area contributed by atoms with E-state index in [0.29, 0.717) is 11.3 Å². The van der Waals surface area contributed by atoms with E-state index in [9.17, 15) is 9.90 Å². The van der Waals surface area contributed by atoms with Crippen LogP contribution in [-0.4, -0.2) is 23.3 Å². The Bertz CT molecular complexity index is 972. The number of hydrogen-bond acceptors (Lipinski definition) is 4. The Morgan fingerprint density at radius 2 is 1.92 bits per heavy atom. The molecule has 0 heterocycles. The lowest BCUT2D eigenvalue weighted by molar-refractivity contribution is -0.127. The monoisotopic (exact) mass is 412 g/mol. The van der Waals surface area contributed by atoms with E-state index in [2.05, 4.69) is 26.5 Å². The van der Waals surface area contributed by atoms with E-state index in [-0.39, 0.29) is 11.7 Å². The molecule has 26 heavy (non-hydrogen) atoms. The first-order valence-corrected chi connectivity index (χ1v) is 8.79. The third-order valence-electron chi connectivity index (χ3n) is 3.77. The first-order chi connectivity index (χ1) is 12.5. The van der Waals surface area contributed by atoms with Crippen molar-refractivity contribution < 1.29 is 14.6 Å². The molecule has 2 N–H and O–H groups in total. The number of nitrogens with one attached hydrogen (secondary N) is 1. The molecule has 0 aliphatic heterocycles. The van der Waals surface area contributed by atoms with Crippen LogP contribution in [0.3, 0.4) is 0 Å². The van der Waals surface area contributed by atoms with Gasteiger partial charge in [0.05, 0.1) is 6.21 Å². The zero-order valence-electron chi connectivity index (χ0n) is 14.0. The summed E-state index contributed by atoms with van der Waals surface area (Å²) in [4.78, 5) is 12.1. The number of hydrazone groups is 1. The summed E-state index contributed by atoms with van der Waals surface area (Å²) in [6.45, 7) is 1.65. The smallest absolute Gasteiger partial charge is 0.280 e. The average Bonchev–Trinajstić information content (AvgIpc) is 2.64. The van der Waals surface area contributed by atoms with E-state index < -0.39 is 6.10 Å². The number of ether oxygens (including phenoxy) is 1. The lowest BCUT2D eigenvalue weighted by Gasteiger charge is -2.13. The quantitative estimate of drug-likeness (QED) is 0.486. The van der Waals surface area contributed by atoms with Crippen molar-refractivity contribution in [2.45, 2.75) is 13.0 Å². The highest BCUT2D eigenvalue weighted by Crippen LogP contribution is 2.22. The summed E-state index contributed by atoms with van der Waals surface area (Å²) in [6, 6.07) is 18.5. The number of hydrogen-bond donors (Lipinski definition) is 2. The molecular formula is C20H17BrN2O3. The van der Waals surface area contributed by atoms with Crippen LogP contribution < -0.4 is 10.2 Å². The van der Waals surface area contributed by atoms with Gasteiger partial charge >= 0.3 is 0 Å². The Morgan fingerprint density at radius 3 is 2.73 bits per heavy atom. The summed E-state index contributed by atoms with van der Waals surface area (Å²) in [5.41, 5.74) is 2.90. The molecule has 0 fully saturated rings. The van der Waals surface area contributed by atoms with Crippen LogP contribution in [0.5, 0.6) is 11.5 Å². The molecular weight excluding hydrogens is 396 g/mol. The molecule has 3 aromatic rings. The minimum atomic E-state index is -0.718. The number of halogens is 1. The number of rotatable bonds is 5. The summed E-state index contributed by atoms with van der Waals surface area (Å²) in [7, 11) is 0. The molecule has 0 aliphatic carbocycles. The van der Waals surface area contributed by atoms with Gasteiger partial charge < -0.3 is 9.84 Å². The van der Waals surface area contributed by atoms with E-state index in [1.807, 2.05) is 42.5 Å². The fourth-order valence-corrected chi connectivity index (χ4v) is 2.76. The van der Waals surface area contributed by atoms with Crippen LogP contribution in [-0.2, 0) is 4.79 Å². The van der Waals surface area contributed by atoms with Crippen molar-refractivity contribution in [3.8, 4) is 11.5 Å². The minimum Gasteiger partial charge on any atom is -0.507 e. The van der Waals surface area contributed by atoms with Gasteiger partial charge in [0, 0.05) is 10.0 Å². The van der Waals surface area contributed by atoms with Crippen molar-refractivity contribution in [1.29, 1.82) is 0 Å². The molecule has 1 atom stereocenters. The SMILES string of the molecule is CC(Oc1ccc2ccccc2c1)C(=O)N/N=C/c1cc(Br)ccc1O. The van der Waals surface area contributed by atoms with Crippen LogP contribution in [0.15, 0.2) is 70.2 Å². The molecule has 0 spiro atoms. The lowest BCUT2D eigenvalue weighted by atomic mass is 10.1. The van der Waals surface area contributed by atoms with E-state index in [4.69, 9.17) is 4.74 Å². The highest BCUT2D eigenvalue weighted by molar-refractivity contribution is 9.10. The van der Waals surface area contributed by atoms with Gasteiger partial charge in [0.25, 0.3) is 5.91 Å². The fourth-order valence-electron chi connectivity index (χ4n) is 2.38. The first-order valence-electron chi connectivity index (χ1n) is 8.00. The lowest BCUT2D eigenvalue weighted by Crippen LogP contribution is -2.33. The highest BCUT2D eigenvalue weighted by Gasteiger charge is 2.14. The van der Waals surface area contributed by atoms with Crippen LogP contribution in [0.25, 0.3) is 10.8 Å². The number of fused-ring (bicyclic) bond motifs is 1. The Balaban J connectivity index is 1.61. The van der Waals surface area contributed by atoms with Gasteiger partial charge in [0.15, 0.2) is 6.10 Å². The summed E-state index contributed by atoms with van der Waals surface area (Å²) in [5.74, 6) is 0.301. The van der Waals surface area contributed by atoms with Gasteiger partial charge in [-0.25, -0.2) is 5.43 Å². The van der Waals surface area contributed by atoms with Crippen molar-refractivity contribution in [1.82, 2.24) is 5.43 Å². The number of carbonyl (C=O) groups is 1. The van der Waals surface area contributed by atoms with Gasteiger partial charge in [-0.3, -0.25) is 4.79 Å². The van der Waals surface area contributed by atoms with Crippen LogP contribution in [0.1, 0.15) is 12.5 Å². The van der Waals surface area contributed by atoms with Crippen molar-refractivity contribution >= 4 is 38.8 Å². The summed E-state index contributed by atoms with van der Waals surface area (Å²) in [6.07, 6.45) is 0.658. The Hall–Kier alpha value is -2.86. The minimum absolute atomic E-state index is 0.0756. The number of aromatic hydroxyl groups is 1. The maximum absolute atomic E-state index is 12.1. The van der Waals surface area contributed by atoms with Gasteiger partial charge in [-0.1, -0.05) is 46.3 Å². The van der Waals surface area contributed by atoms with Gasteiger partial charge in [0.1, 0.15) is 11.5 Å². The second-order valence-electron chi connectivity index (χ2n) is 5.71. The molecule has 5 nitrogen and oxygen atoms in total. The molecule has 1 unspecified atom stereocenters. The van der Waals surface area contributed by atoms with Gasteiger partial charge in [-0.15, -0.1) is 0 Å². The standard InChI is InChI=1S/C20H17BrN2O3/c1-13(26-18-8-6-14-4-2-3-5-15(14)11-18)20(25)23-22-12-16-10-17(21)7-9-19(16)24/h2-13,24H,1H3,(H,23,25)/b22-12+. The second-order valence-corrected chi connectivity index (χ2v) is 6.62. The Morgan fingerprint density at radius 1 is 1.15 bits per heavy atom. The van der Waals surface area contributed by atoms with E-state index >= 15 is 0 Å². The third-order valence-corrected chi connectivity index (χ3v) is 4.26. The van der Waals surface area contributed by atoms with Crippen LogP contribution in [0, 0.1) is 0 Å². The summed E-state index contributed by atoms with van der Waals surface area (Å²) >= 11 is 3.31. The van der Waals surface area contributed by atoms with Crippen LogP contribution >= 0.6 is 15.9 Å². The molecule has 1 amide bonds. The van der Waals surface area contributed by atoms with Crippen molar-refractivity contribution in [3.63, 3.8) is 0 Å². The number of carbonyl (C=O) groups excluding carboxylic acids is 1. The Labute approximate surface area is 159 Å². The molecule has 3 aromatic carbocycles. The average molecular weight is 413 g/mol. The highest BCUT2D eigenvalue weighted by atomic mass is 79.9. The largest absolute Gasteiger partial charge is 0.507 e. The zero-order valence-corrected chi connectivity index (χ0v) is 15.6. The van der Waals surface area contributed by atoms with Crippen molar-refractivity contribution in [2.75, 3.05) is 0 Å². The molecule has 0 saturated carbocycles. The molecule has 132 valence electrons. The number of nitrogens with zero attached hydrogens (tertiary/aromatic N) is 1. The van der Waals surface area contributed by atoms with Gasteiger partial charge in [-0.05, 0) is 48.0 Å². The second kappa shape index (κ2) is 8.01. The first kappa shape index (κ1) is 17.9. The number of phenolic OH excluding ortho intramolecular Hbond substituents is 1. The Kier molecular flexibility index (Phi) is 5.53. The molecule has 0 radical (unpaired) electrons. The fraction of sp³-hybridized carbons (Fsp3) is 0.100. The summed E-state index contributed by atoms with van der Waals surface area (Å²) < 4.78 is 6.49. The van der Waals surface area contributed by atoms with Crippen LogP contribution in [0.2, 0.25) is 0 Å². The predicted molar refractivity (Wildman–Crippen MR) is 106 cm³/mol. The molecule has 0 saturated heterocycles. The maximum Gasteiger partial charge on any atom is 0.280 e. The van der Waals surface area contributed by atoms with Gasteiger partial charge in [-0.2, -0.15) is 5.10 Å². The van der Waals surface area contributed by atoms with E-state index in [0.717, 1.165) is 15.2 Å². The number of amides is 1. The molecule has 0 aromatic heterocycles. The molecule has 3 rings (SSSR count). The molecule has 0 aliphatic rings. The normalized spacial score (nSPS) is 12.2. The molecule has 0 bridgehead atoms. The third kappa shape index (κ3) is 4.40. The van der Waals surface area contributed by atoms with Crippen molar-refractivity contribution in [3.05, 3.63) is 70.7 Å². The van der Waals surface area contributed by atoms with Crippen molar-refractivity contribution in [2.24, 2.45) is 5.10 Å². The van der Waals surface area contributed by atoms with Crippen LogP contribution in [0.4, 0.5) is 0 Å². The number of phenols is 1. The molecule has 6 heteroatoms. The van der Waals surface area contributed by atoms with E-state index in [1.165, 1.54) is 6.21 Å². The maximum atomic E-state index is 12.1. The summed E-state index contributed by atoms with van der Waals surface area (Å²) in [5, 5.41) is 15.8. The number of benzene rings is 3. The predicted octanol–water partition coefficient (Wildman–Crippen LogP) is 4.23. The van der Waals surface area contributed by atoms with Gasteiger partial charge in [0.2, 0.25) is 0 Å². The zero-order chi connectivity index (χ0) is 18.5. The van der Waals surface area contributed by atoms with E-state index in [1.54, 1.807) is 25.1 Å².